The summed E-state index contributed by atoms with van der Waals surface area (Å²) in [7, 11) is 1.70. The van der Waals surface area contributed by atoms with Crippen molar-refractivity contribution in [3.8, 4) is 0 Å². The van der Waals surface area contributed by atoms with Gasteiger partial charge in [0, 0.05) is 7.05 Å². The van der Waals surface area contributed by atoms with E-state index in [-0.39, 0.29) is 11.7 Å². The number of nitrogens with zero attached hydrogens (tertiary/aromatic N) is 3. The summed E-state index contributed by atoms with van der Waals surface area (Å²) in [6.07, 6.45) is 1.63. The highest BCUT2D eigenvalue weighted by molar-refractivity contribution is 7.22. The van der Waals surface area contributed by atoms with Crippen LogP contribution in [0.4, 0.5) is 9.52 Å². The van der Waals surface area contributed by atoms with Crippen LogP contribution in [0.25, 0.3) is 10.2 Å². The standard InChI is InChI=1S/C13H11FN4OS/c1-7-6-15-18(2)11(7)12(19)17-13-16-9-4-3-8(14)5-10(9)20-13/h3-6H,1-2H3,(H,16,17,19). The lowest BCUT2D eigenvalue weighted by Gasteiger charge is -2.02. The minimum atomic E-state index is -0.318. The third-order valence-electron chi connectivity index (χ3n) is 2.91. The van der Waals surface area contributed by atoms with Gasteiger partial charge in [0.15, 0.2) is 5.13 Å². The predicted octanol–water partition coefficient (Wildman–Crippen LogP) is 2.73. The summed E-state index contributed by atoms with van der Waals surface area (Å²) in [5.41, 5.74) is 1.93. The molecular formula is C13H11FN4OS. The summed E-state index contributed by atoms with van der Waals surface area (Å²) < 4.78 is 15.3. The number of aromatic nitrogens is 3. The van der Waals surface area contributed by atoms with Crippen LogP contribution in [0.1, 0.15) is 16.1 Å². The monoisotopic (exact) mass is 290 g/mol. The van der Waals surface area contributed by atoms with Gasteiger partial charge >= 0.3 is 0 Å². The van der Waals surface area contributed by atoms with E-state index >= 15 is 0 Å². The van der Waals surface area contributed by atoms with Crippen LogP contribution in [0.5, 0.6) is 0 Å². The van der Waals surface area contributed by atoms with Crippen molar-refractivity contribution in [2.45, 2.75) is 6.92 Å². The van der Waals surface area contributed by atoms with Crippen molar-refractivity contribution in [3.63, 3.8) is 0 Å². The van der Waals surface area contributed by atoms with E-state index in [1.807, 2.05) is 6.92 Å². The molecule has 0 aliphatic heterocycles. The van der Waals surface area contributed by atoms with Gasteiger partial charge in [-0.15, -0.1) is 0 Å². The number of aryl methyl sites for hydroxylation is 2. The van der Waals surface area contributed by atoms with Gasteiger partial charge in [-0.2, -0.15) is 5.10 Å². The first-order valence-electron chi connectivity index (χ1n) is 5.90. The summed E-state index contributed by atoms with van der Waals surface area (Å²) in [5, 5.41) is 7.18. The number of hydrogen-bond donors (Lipinski definition) is 1. The number of thiazole rings is 1. The molecule has 0 fully saturated rings. The van der Waals surface area contributed by atoms with E-state index in [4.69, 9.17) is 0 Å². The van der Waals surface area contributed by atoms with Crippen molar-refractivity contribution in [2.24, 2.45) is 7.05 Å². The van der Waals surface area contributed by atoms with Gasteiger partial charge in [0.1, 0.15) is 11.5 Å². The number of fused-ring (bicyclic) bond motifs is 1. The zero-order chi connectivity index (χ0) is 14.3. The highest BCUT2D eigenvalue weighted by atomic mass is 32.1. The quantitative estimate of drug-likeness (QED) is 0.789. The van der Waals surface area contributed by atoms with Gasteiger partial charge in [-0.25, -0.2) is 9.37 Å². The zero-order valence-electron chi connectivity index (χ0n) is 10.8. The highest BCUT2D eigenvalue weighted by Gasteiger charge is 2.16. The molecule has 3 aromatic rings. The van der Waals surface area contributed by atoms with Crippen molar-refractivity contribution in [1.29, 1.82) is 0 Å². The molecule has 0 saturated heterocycles. The normalized spacial score (nSPS) is 10.9. The minimum Gasteiger partial charge on any atom is -0.296 e. The number of anilines is 1. The molecule has 0 aliphatic rings. The summed E-state index contributed by atoms with van der Waals surface area (Å²) in [6, 6.07) is 4.34. The van der Waals surface area contributed by atoms with Gasteiger partial charge in [-0.1, -0.05) is 11.3 Å². The number of benzene rings is 1. The topological polar surface area (TPSA) is 59.8 Å². The van der Waals surface area contributed by atoms with E-state index in [1.54, 1.807) is 19.3 Å². The number of hydrogen-bond acceptors (Lipinski definition) is 4. The molecule has 7 heteroatoms. The molecule has 0 bridgehead atoms. The fourth-order valence-corrected chi connectivity index (χ4v) is 2.87. The molecule has 0 radical (unpaired) electrons. The fourth-order valence-electron chi connectivity index (χ4n) is 1.98. The first-order chi connectivity index (χ1) is 9.54. The number of carbonyl (C=O) groups is 1. The first-order valence-corrected chi connectivity index (χ1v) is 6.72. The molecule has 2 heterocycles. The molecule has 0 unspecified atom stereocenters. The van der Waals surface area contributed by atoms with Gasteiger partial charge in [0.2, 0.25) is 0 Å². The Morgan fingerprint density at radius 2 is 2.25 bits per heavy atom. The average molecular weight is 290 g/mol. The molecular weight excluding hydrogens is 279 g/mol. The van der Waals surface area contributed by atoms with Crippen LogP contribution < -0.4 is 5.32 Å². The second-order valence-electron chi connectivity index (χ2n) is 4.38. The van der Waals surface area contributed by atoms with E-state index in [1.165, 1.54) is 28.2 Å². The van der Waals surface area contributed by atoms with Crippen molar-refractivity contribution >= 4 is 32.6 Å². The first kappa shape index (κ1) is 12.7. The third-order valence-corrected chi connectivity index (χ3v) is 3.84. The molecule has 1 amide bonds. The lowest BCUT2D eigenvalue weighted by atomic mass is 10.2. The largest absolute Gasteiger partial charge is 0.296 e. The van der Waals surface area contributed by atoms with Gasteiger partial charge in [-0.3, -0.25) is 14.8 Å². The molecule has 0 aliphatic carbocycles. The van der Waals surface area contributed by atoms with Gasteiger partial charge < -0.3 is 0 Å². The number of amides is 1. The van der Waals surface area contributed by atoms with Crippen molar-refractivity contribution in [1.82, 2.24) is 14.8 Å². The minimum absolute atomic E-state index is 0.276. The Balaban J connectivity index is 1.91. The maximum Gasteiger partial charge on any atom is 0.275 e. The van der Waals surface area contributed by atoms with Crippen LogP contribution >= 0.6 is 11.3 Å². The van der Waals surface area contributed by atoms with E-state index in [0.29, 0.717) is 21.0 Å². The van der Waals surface area contributed by atoms with Crippen LogP contribution in [-0.4, -0.2) is 20.7 Å². The van der Waals surface area contributed by atoms with Crippen molar-refractivity contribution in [2.75, 3.05) is 5.32 Å². The van der Waals surface area contributed by atoms with Crippen LogP contribution in [0, 0.1) is 12.7 Å². The van der Waals surface area contributed by atoms with Gasteiger partial charge in [0.25, 0.3) is 5.91 Å². The molecule has 3 rings (SSSR count). The Bertz CT molecular complexity index is 788. The second-order valence-corrected chi connectivity index (χ2v) is 5.42. The van der Waals surface area contributed by atoms with Crippen LogP contribution in [0.15, 0.2) is 24.4 Å². The van der Waals surface area contributed by atoms with E-state index < -0.39 is 0 Å². The maximum absolute atomic E-state index is 13.1. The van der Waals surface area contributed by atoms with E-state index in [9.17, 15) is 9.18 Å². The Kier molecular flexibility index (Phi) is 2.98. The summed E-state index contributed by atoms with van der Waals surface area (Å²) in [5.74, 6) is -0.594. The number of halogens is 1. The molecule has 1 aromatic carbocycles. The number of rotatable bonds is 2. The van der Waals surface area contributed by atoms with Crippen molar-refractivity contribution < 1.29 is 9.18 Å². The molecule has 1 N–H and O–H groups in total. The number of nitrogens with one attached hydrogen (secondary N) is 1. The molecule has 20 heavy (non-hydrogen) atoms. The fraction of sp³-hybridized carbons (Fsp3) is 0.154. The second kappa shape index (κ2) is 4.68. The highest BCUT2D eigenvalue weighted by Crippen LogP contribution is 2.26. The lowest BCUT2D eigenvalue weighted by Crippen LogP contribution is -2.17. The molecule has 102 valence electrons. The summed E-state index contributed by atoms with van der Waals surface area (Å²) in [4.78, 5) is 16.4. The van der Waals surface area contributed by atoms with Gasteiger partial charge in [-0.05, 0) is 30.7 Å². The smallest absolute Gasteiger partial charge is 0.275 e. The van der Waals surface area contributed by atoms with Gasteiger partial charge in [0.05, 0.1) is 16.4 Å². The van der Waals surface area contributed by atoms with Crippen molar-refractivity contribution in [3.05, 3.63) is 41.5 Å². The van der Waals surface area contributed by atoms with Crippen LogP contribution in [0.3, 0.4) is 0 Å². The Hall–Kier alpha value is -2.28. The molecule has 0 saturated carbocycles. The molecule has 0 spiro atoms. The number of carbonyl (C=O) groups excluding carboxylic acids is 1. The lowest BCUT2D eigenvalue weighted by molar-refractivity contribution is 0.101. The molecule has 2 aromatic heterocycles. The average Bonchev–Trinajstić information content (AvgIpc) is 2.92. The molecule has 5 nitrogen and oxygen atoms in total. The maximum atomic E-state index is 13.1. The Labute approximate surface area is 118 Å². The van der Waals surface area contributed by atoms with Crippen LogP contribution in [-0.2, 0) is 7.05 Å². The SMILES string of the molecule is Cc1cnn(C)c1C(=O)Nc1nc2ccc(F)cc2s1. The molecule has 0 atom stereocenters. The zero-order valence-corrected chi connectivity index (χ0v) is 11.7. The summed E-state index contributed by atoms with van der Waals surface area (Å²) >= 11 is 1.24. The Morgan fingerprint density at radius 3 is 2.95 bits per heavy atom. The van der Waals surface area contributed by atoms with E-state index in [2.05, 4.69) is 15.4 Å². The third kappa shape index (κ3) is 2.16. The van der Waals surface area contributed by atoms with E-state index in [0.717, 1.165) is 5.56 Å². The van der Waals surface area contributed by atoms with Crippen LogP contribution in [0.2, 0.25) is 0 Å². The summed E-state index contributed by atoms with van der Waals surface area (Å²) in [6.45, 7) is 1.82. The Morgan fingerprint density at radius 1 is 1.45 bits per heavy atom. The predicted molar refractivity (Wildman–Crippen MR) is 75.5 cm³/mol.